The van der Waals surface area contributed by atoms with Gasteiger partial charge in [0.25, 0.3) is 0 Å². The summed E-state index contributed by atoms with van der Waals surface area (Å²) < 4.78 is 11.3. The summed E-state index contributed by atoms with van der Waals surface area (Å²) in [6.07, 6.45) is 4.90. The predicted molar refractivity (Wildman–Crippen MR) is 55.7 cm³/mol. The summed E-state index contributed by atoms with van der Waals surface area (Å²) >= 11 is 0. The molecule has 3 fully saturated rings. The quantitative estimate of drug-likeness (QED) is 0.667. The van der Waals surface area contributed by atoms with Gasteiger partial charge in [-0.05, 0) is 31.3 Å². The minimum absolute atomic E-state index is 0. The van der Waals surface area contributed by atoms with Crippen LogP contribution in [0.15, 0.2) is 0 Å². The summed E-state index contributed by atoms with van der Waals surface area (Å²) in [4.78, 5) is 0. The molecule has 0 radical (unpaired) electrons. The first-order chi connectivity index (χ1) is 6.33. The molecule has 3 rings (SSSR count). The first-order valence-electron chi connectivity index (χ1n) is 5.31. The Morgan fingerprint density at radius 3 is 2.07 bits per heavy atom. The maximum Gasteiger partial charge on any atom is 0.169 e. The van der Waals surface area contributed by atoms with Gasteiger partial charge < -0.3 is 14.8 Å². The van der Waals surface area contributed by atoms with E-state index in [0.717, 1.165) is 26.1 Å². The zero-order valence-electron chi connectivity index (χ0n) is 8.38. The second kappa shape index (κ2) is 3.63. The van der Waals surface area contributed by atoms with Crippen LogP contribution in [0.1, 0.15) is 25.7 Å². The molecule has 0 atom stereocenters. The number of hydrogen-bond acceptors (Lipinski definition) is 3. The fourth-order valence-corrected chi connectivity index (χ4v) is 3.10. The molecule has 82 valence electrons. The van der Waals surface area contributed by atoms with Crippen molar-refractivity contribution in [2.75, 3.05) is 26.3 Å². The Morgan fingerprint density at radius 1 is 0.929 bits per heavy atom. The van der Waals surface area contributed by atoms with E-state index in [9.17, 15) is 0 Å². The summed E-state index contributed by atoms with van der Waals surface area (Å²) in [5.41, 5.74) is 0.565. The molecule has 2 aliphatic heterocycles. The molecule has 2 spiro atoms. The molecule has 0 aromatic heterocycles. The third-order valence-electron chi connectivity index (χ3n) is 3.77. The van der Waals surface area contributed by atoms with Crippen molar-refractivity contribution in [3.8, 4) is 0 Å². The fraction of sp³-hybridized carbons (Fsp3) is 1.00. The van der Waals surface area contributed by atoms with E-state index in [2.05, 4.69) is 5.32 Å². The van der Waals surface area contributed by atoms with Gasteiger partial charge in [0.15, 0.2) is 5.79 Å². The number of nitrogens with one attached hydrogen (secondary N) is 1. The molecule has 2 heterocycles. The Morgan fingerprint density at radius 2 is 1.50 bits per heavy atom. The molecular weight excluding hydrogens is 202 g/mol. The molecule has 0 aromatic carbocycles. The molecule has 0 bridgehead atoms. The maximum atomic E-state index is 5.66. The summed E-state index contributed by atoms with van der Waals surface area (Å²) in [6.45, 7) is 3.95. The molecule has 0 amide bonds. The summed E-state index contributed by atoms with van der Waals surface area (Å²) in [6, 6.07) is 0. The number of halogens is 1. The number of piperidine rings is 1. The standard InChI is InChI=1S/C10H17NO2.ClH/c1-3-11-4-2-9(1)7-10(8-9)12-5-6-13-10;/h11H,1-8H2;1H. The fourth-order valence-electron chi connectivity index (χ4n) is 3.10. The van der Waals surface area contributed by atoms with Gasteiger partial charge in [0.1, 0.15) is 0 Å². The van der Waals surface area contributed by atoms with Gasteiger partial charge in [-0.15, -0.1) is 12.4 Å². The van der Waals surface area contributed by atoms with Crippen molar-refractivity contribution in [2.45, 2.75) is 31.5 Å². The maximum absolute atomic E-state index is 5.66. The van der Waals surface area contributed by atoms with Crippen LogP contribution in [0.2, 0.25) is 0 Å². The molecule has 14 heavy (non-hydrogen) atoms. The Kier molecular flexibility index (Phi) is 2.77. The van der Waals surface area contributed by atoms with Crippen LogP contribution in [-0.4, -0.2) is 32.1 Å². The van der Waals surface area contributed by atoms with Gasteiger partial charge in [-0.25, -0.2) is 0 Å². The monoisotopic (exact) mass is 219 g/mol. The molecule has 0 unspecified atom stereocenters. The van der Waals surface area contributed by atoms with E-state index in [-0.39, 0.29) is 18.2 Å². The summed E-state index contributed by atoms with van der Waals surface area (Å²) in [5, 5.41) is 3.41. The van der Waals surface area contributed by atoms with Gasteiger partial charge in [0.05, 0.1) is 13.2 Å². The van der Waals surface area contributed by atoms with E-state index < -0.39 is 0 Å². The lowest BCUT2D eigenvalue weighted by Gasteiger charge is -2.54. The van der Waals surface area contributed by atoms with Crippen LogP contribution in [0.3, 0.4) is 0 Å². The topological polar surface area (TPSA) is 30.5 Å². The first kappa shape index (κ1) is 10.7. The molecule has 1 N–H and O–H groups in total. The van der Waals surface area contributed by atoms with Crippen LogP contribution in [0, 0.1) is 5.41 Å². The average molecular weight is 220 g/mol. The second-order valence-electron chi connectivity index (χ2n) is 4.71. The molecule has 1 saturated carbocycles. The van der Waals surface area contributed by atoms with Gasteiger partial charge in [-0.3, -0.25) is 0 Å². The summed E-state index contributed by atoms with van der Waals surface area (Å²) in [5.74, 6) is -0.142. The lowest BCUT2D eigenvalue weighted by atomic mass is 9.60. The Balaban J connectivity index is 0.000000750. The zero-order valence-corrected chi connectivity index (χ0v) is 9.20. The van der Waals surface area contributed by atoms with Gasteiger partial charge in [0, 0.05) is 12.8 Å². The first-order valence-corrected chi connectivity index (χ1v) is 5.31. The smallest absolute Gasteiger partial charge is 0.169 e. The van der Waals surface area contributed by atoms with Crippen molar-refractivity contribution in [1.29, 1.82) is 0 Å². The van der Waals surface area contributed by atoms with Gasteiger partial charge >= 0.3 is 0 Å². The number of ether oxygens (including phenoxy) is 2. The van der Waals surface area contributed by atoms with Gasteiger partial charge in [-0.1, -0.05) is 0 Å². The van der Waals surface area contributed by atoms with Crippen molar-refractivity contribution in [1.82, 2.24) is 5.32 Å². The third-order valence-corrected chi connectivity index (χ3v) is 3.77. The van der Waals surface area contributed by atoms with E-state index in [0.29, 0.717) is 5.41 Å². The van der Waals surface area contributed by atoms with Crippen LogP contribution < -0.4 is 5.32 Å². The Bertz CT molecular complexity index is 200. The second-order valence-corrected chi connectivity index (χ2v) is 4.71. The number of rotatable bonds is 0. The highest BCUT2D eigenvalue weighted by atomic mass is 35.5. The van der Waals surface area contributed by atoms with Crippen molar-refractivity contribution in [3.63, 3.8) is 0 Å². The van der Waals surface area contributed by atoms with Crippen molar-refractivity contribution >= 4 is 12.4 Å². The third kappa shape index (κ3) is 1.56. The van der Waals surface area contributed by atoms with Crippen LogP contribution in [0.5, 0.6) is 0 Å². The van der Waals surface area contributed by atoms with Crippen molar-refractivity contribution < 1.29 is 9.47 Å². The average Bonchev–Trinajstić information content (AvgIpc) is 2.54. The molecule has 0 aromatic rings. The largest absolute Gasteiger partial charge is 0.347 e. The van der Waals surface area contributed by atoms with Crippen LogP contribution >= 0.6 is 12.4 Å². The van der Waals surface area contributed by atoms with E-state index in [4.69, 9.17) is 9.47 Å². The molecular formula is C10H18ClNO2. The van der Waals surface area contributed by atoms with E-state index in [1.54, 1.807) is 0 Å². The predicted octanol–water partition coefficient (Wildman–Crippen LogP) is 1.31. The highest BCUT2D eigenvalue weighted by Crippen LogP contribution is 2.57. The highest BCUT2D eigenvalue weighted by Gasteiger charge is 2.57. The van der Waals surface area contributed by atoms with Gasteiger partial charge in [0.2, 0.25) is 0 Å². The normalized spacial score (nSPS) is 32.6. The minimum Gasteiger partial charge on any atom is -0.347 e. The molecule has 2 saturated heterocycles. The van der Waals surface area contributed by atoms with Crippen molar-refractivity contribution in [2.24, 2.45) is 5.41 Å². The SMILES string of the molecule is C1CC2(CCN1)CC1(C2)OCCO1.Cl. The molecule has 3 nitrogen and oxygen atoms in total. The lowest BCUT2D eigenvalue weighted by Crippen LogP contribution is -2.56. The number of hydrogen-bond donors (Lipinski definition) is 1. The summed E-state index contributed by atoms with van der Waals surface area (Å²) in [7, 11) is 0. The van der Waals surface area contributed by atoms with E-state index in [1.165, 1.54) is 25.9 Å². The molecule has 4 heteroatoms. The Labute approximate surface area is 90.9 Å². The molecule has 3 aliphatic rings. The van der Waals surface area contributed by atoms with Crippen LogP contribution in [0.4, 0.5) is 0 Å². The van der Waals surface area contributed by atoms with E-state index >= 15 is 0 Å². The minimum atomic E-state index is -0.142. The Hall–Kier alpha value is 0.170. The van der Waals surface area contributed by atoms with Crippen LogP contribution in [0.25, 0.3) is 0 Å². The molecule has 1 aliphatic carbocycles. The van der Waals surface area contributed by atoms with Gasteiger partial charge in [-0.2, -0.15) is 0 Å². The lowest BCUT2D eigenvalue weighted by molar-refractivity contribution is -0.266. The van der Waals surface area contributed by atoms with Crippen molar-refractivity contribution in [3.05, 3.63) is 0 Å². The zero-order chi connectivity index (χ0) is 8.78. The van der Waals surface area contributed by atoms with E-state index in [1.807, 2.05) is 0 Å². The van der Waals surface area contributed by atoms with Crippen LogP contribution in [-0.2, 0) is 9.47 Å². The highest BCUT2D eigenvalue weighted by molar-refractivity contribution is 5.85.